The molecule has 4 aromatic rings. The standard InChI is InChI=1S/C28H30N2O6/c1-6-17-14-24(31)35-25-16(2)23(12-11-20(17)25)34-26(32)22(30-27(33)36-28(3,4)5)13-18-15-29-21-10-8-7-9-19(18)21/h7-12,14-15,22,29H,6,13H2,1-5H3,(H,30,33)/t22-/m1/s1. The number of hydrogen-bond acceptors (Lipinski definition) is 6. The quantitative estimate of drug-likeness (QED) is 0.219. The van der Waals surface area contributed by atoms with Gasteiger partial charge in [0.1, 0.15) is 23.0 Å². The van der Waals surface area contributed by atoms with Crippen molar-refractivity contribution in [2.24, 2.45) is 0 Å². The second kappa shape index (κ2) is 9.89. The molecule has 0 aliphatic rings. The number of carbonyl (C=O) groups excluding carboxylic acids is 2. The number of aromatic amines is 1. The number of carbonyl (C=O) groups is 2. The van der Waals surface area contributed by atoms with Crippen LogP contribution in [-0.4, -0.2) is 28.7 Å². The van der Waals surface area contributed by atoms with Crippen molar-refractivity contribution in [3.8, 4) is 5.75 Å². The Labute approximate surface area is 208 Å². The summed E-state index contributed by atoms with van der Waals surface area (Å²) in [6.45, 7) is 8.92. The number of alkyl carbamates (subject to hydrolysis) is 1. The molecule has 8 heteroatoms. The highest BCUT2D eigenvalue weighted by Crippen LogP contribution is 2.29. The van der Waals surface area contributed by atoms with Crippen LogP contribution in [0, 0.1) is 6.92 Å². The molecule has 0 saturated carbocycles. The smallest absolute Gasteiger partial charge is 0.408 e. The van der Waals surface area contributed by atoms with Crippen molar-refractivity contribution >= 4 is 33.9 Å². The number of ether oxygens (including phenoxy) is 2. The number of rotatable bonds is 6. The van der Waals surface area contributed by atoms with Crippen molar-refractivity contribution in [1.29, 1.82) is 0 Å². The fourth-order valence-electron chi connectivity index (χ4n) is 4.15. The number of fused-ring (bicyclic) bond motifs is 2. The molecule has 0 fully saturated rings. The van der Waals surface area contributed by atoms with Gasteiger partial charge in [-0.2, -0.15) is 0 Å². The maximum Gasteiger partial charge on any atom is 0.408 e. The van der Waals surface area contributed by atoms with Gasteiger partial charge in [0.2, 0.25) is 0 Å². The summed E-state index contributed by atoms with van der Waals surface area (Å²) in [5, 5.41) is 4.39. The summed E-state index contributed by atoms with van der Waals surface area (Å²) in [7, 11) is 0. The van der Waals surface area contributed by atoms with Crippen LogP contribution in [0.25, 0.3) is 21.9 Å². The van der Waals surface area contributed by atoms with E-state index in [1.165, 1.54) is 6.07 Å². The lowest BCUT2D eigenvalue weighted by Gasteiger charge is -2.23. The lowest BCUT2D eigenvalue weighted by atomic mass is 10.0. The number of esters is 1. The number of hydrogen-bond donors (Lipinski definition) is 2. The number of H-pyrrole nitrogens is 1. The fraction of sp³-hybridized carbons (Fsp3) is 0.321. The molecule has 2 heterocycles. The summed E-state index contributed by atoms with van der Waals surface area (Å²) in [6.07, 6.45) is 1.93. The minimum atomic E-state index is -1.02. The van der Waals surface area contributed by atoms with E-state index in [4.69, 9.17) is 13.9 Å². The summed E-state index contributed by atoms with van der Waals surface area (Å²) in [6, 6.07) is 11.6. The minimum absolute atomic E-state index is 0.184. The average molecular weight is 491 g/mol. The van der Waals surface area contributed by atoms with Crippen LogP contribution in [-0.2, 0) is 22.4 Å². The van der Waals surface area contributed by atoms with Crippen LogP contribution < -0.4 is 15.7 Å². The topological polar surface area (TPSA) is 111 Å². The van der Waals surface area contributed by atoms with Gasteiger partial charge in [-0.15, -0.1) is 0 Å². The number of para-hydroxylation sites is 1. The van der Waals surface area contributed by atoms with E-state index in [1.54, 1.807) is 39.8 Å². The highest BCUT2D eigenvalue weighted by Gasteiger charge is 2.28. The van der Waals surface area contributed by atoms with Crippen LogP contribution in [0.1, 0.15) is 44.4 Å². The van der Waals surface area contributed by atoms with Crippen molar-refractivity contribution in [2.75, 3.05) is 0 Å². The first-order valence-corrected chi connectivity index (χ1v) is 11.9. The van der Waals surface area contributed by atoms with E-state index in [2.05, 4.69) is 10.3 Å². The van der Waals surface area contributed by atoms with E-state index < -0.39 is 29.3 Å². The lowest BCUT2D eigenvalue weighted by Crippen LogP contribution is -2.46. The molecule has 1 atom stereocenters. The summed E-state index contributed by atoms with van der Waals surface area (Å²) < 4.78 is 16.5. The molecule has 1 amide bonds. The molecule has 0 radical (unpaired) electrons. The van der Waals surface area contributed by atoms with E-state index >= 15 is 0 Å². The van der Waals surface area contributed by atoms with Crippen molar-refractivity contribution in [1.82, 2.24) is 10.3 Å². The number of amides is 1. The van der Waals surface area contributed by atoms with Crippen LogP contribution in [0.5, 0.6) is 5.75 Å². The van der Waals surface area contributed by atoms with Gasteiger partial charge in [0, 0.05) is 40.5 Å². The van der Waals surface area contributed by atoms with E-state index in [9.17, 15) is 14.4 Å². The maximum atomic E-state index is 13.4. The van der Waals surface area contributed by atoms with Gasteiger partial charge in [0.15, 0.2) is 0 Å². The highest BCUT2D eigenvalue weighted by molar-refractivity contribution is 5.89. The van der Waals surface area contributed by atoms with Gasteiger partial charge in [-0.3, -0.25) is 0 Å². The predicted octanol–water partition coefficient (Wildman–Crippen LogP) is 5.19. The molecule has 4 rings (SSSR count). The third-order valence-corrected chi connectivity index (χ3v) is 5.86. The molecule has 0 spiro atoms. The largest absolute Gasteiger partial charge is 0.444 e. The molecule has 8 nitrogen and oxygen atoms in total. The Morgan fingerprint density at radius 3 is 2.56 bits per heavy atom. The van der Waals surface area contributed by atoms with Crippen LogP contribution in [0.2, 0.25) is 0 Å². The molecule has 0 aliphatic carbocycles. The van der Waals surface area contributed by atoms with Gasteiger partial charge in [-0.05, 0) is 63.4 Å². The predicted molar refractivity (Wildman–Crippen MR) is 137 cm³/mol. The molecule has 0 saturated heterocycles. The lowest BCUT2D eigenvalue weighted by molar-refractivity contribution is -0.136. The summed E-state index contributed by atoms with van der Waals surface area (Å²) >= 11 is 0. The van der Waals surface area contributed by atoms with E-state index in [0.29, 0.717) is 17.6 Å². The van der Waals surface area contributed by atoms with Gasteiger partial charge in [-0.1, -0.05) is 25.1 Å². The zero-order valence-electron chi connectivity index (χ0n) is 21.1. The van der Waals surface area contributed by atoms with Gasteiger partial charge in [0.05, 0.1) is 0 Å². The first-order chi connectivity index (χ1) is 17.1. The third-order valence-electron chi connectivity index (χ3n) is 5.86. The van der Waals surface area contributed by atoms with Crippen molar-refractivity contribution < 1.29 is 23.5 Å². The fourth-order valence-corrected chi connectivity index (χ4v) is 4.15. The molecule has 36 heavy (non-hydrogen) atoms. The normalized spacial score (nSPS) is 12.5. The highest BCUT2D eigenvalue weighted by atomic mass is 16.6. The average Bonchev–Trinajstić information content (AvgIpc) is 3.22. The Bertz CT molecular complexity index is 1490. The zero-order chi connectivity index (χ0) is 26.0. The monoisotopic (exact) mass is 490 g/mol. The molecule has 0 bridgehead atoms. The molecule has 2 aromatic carbocycles. The Morgan fingerprint density at radius 2 is 1.83 bits per heavy atom. The Balaban J connectivity index is 1.65. The van der Waals surface area contributed by atoms with E-state index in [-0.39, 0.29) is 12.2 Å². The molecule has 2 N–H and O–H groups in total. The second-order valence-electron chi connectivity index (χ2n) is 9.69. The van der Waals surface area contributed by atoms with Crippen LogP contribution in [0.15, 0.2) is 57.9 Å². The SMILES string of the molecule is CCc1cc(=O)oc2c(C)c(OC(=O)[C@@H](Cc3c[nH]c4ccccc34)NC(=O)OC(C)(C)C)ccc12. The van der Waals surface area contributed by atoms with Gasteiger partial charge < -0.3 is 24.2 Å². The van der Waals surface area contributed by atoms with Crippen LogP contribution in [0.3, 0.4) is 0 Å². The van der Waals surface area contributed by atoms with E-state index in [0.717, 1.165) is 27.4 Å². The Kier molecular flexibility index (Phi) is 6.88. The van der Waals surface area contributed by atoms with Gasteiger partial charge in [0.25, 0.3) is 0 Å². The summed E-state index contributed by atoms with van der Waals surface area (Å²) in [5.74, 6) is -0.415. The summed E-state index contributed by atoms with van der Waals surface area (Å²) in [4.78, 5) is 41.1. The molecular weight excluding hydrogens is 460 g/mol. The van der Waals surface area contributed by atoms with E-state index in [1.807, 2.05) is 37.4 Å². The Morgan fingerprint density at radius 1 is 1.08 bits per heavy atom. The third kappa shape index (κ3) is 5.43. The maximum absolute atomic E-state index is 13.4. The van der Waals surface area contributed by atoms with Crippen molar-refractivity contribution in [2.45, 2.75) is 59.1 Å². The molecule has 0 unspecified atom stereocenters. The second-order valence-corrected chi connectivity index (χ2v) is 9.69. The number of aromatic nitrogens is 1. The molecule has 0 aliphatic heterocycles. The van der Waals surface area contributed by atoms with Crippen molar-refractivity contribution in [3.63, 3.8) is 0 Å². The molecular formula is C28H30N2O6. The molecule has 2 aromatic heterocycles. The van der Waals surface area contributed by atoms with Crippen molar-refractivity contribution in [3.05, 3.63) is 75.8 Å². The number of benzene rings is 2. The first-order valence-electron chi connectivity index (χ1n) is 11.9. The van der Waals surface area contributed by atoms with Gasteiger partial charge in [-0.25, -0.2) is 14.4 Å². The number of aryl methyl sites for hydroxylation is 2. The van der Waals surface area contributed by atoms with Crippen LogP contribution >= 0.6 is 0 Å². The number of nitrogens with one attached hydrogen (secondary N) is 2. The zero-order valence-corrected chi connectivity index (χ0v) is 21.1. The first kappa shape index (κ1) is 25.0. The molecule has 188 valence electrons. The van der Waals surface area contributed by atoms with Gasteiger partial charge >= 0.3 is 17.7 Å². The minimum Gasteiger partial charge on any atom is -0.444 e. The Hall–Kier alpha value is -4.07. The van der Waals surface area contributed by atoms with Crippen LogP contribution in [0.4, 0.5) is 4.79 Å². The summed E-state index contributed by atoms with van der Waals surface area (Å²) in [5.41, 5.74) is 2.32.